The number of amides is 2. The van der Waals surface area contributed by atoms with Crippen molar-refractivity contribution in [1.29, 1.82) is 0 Å². The van der Waals surface area contributed by atoms with Crippen molar-refractivity contribution in [3.63, 3.8) is 0 Å². The first-order valence-electron chi connectivity index (χ1n) is 11.8. The lowest BCUT2D eigenvalue weighted by atomic mass is 10.1. The van der Waals surface area contributed by atoms with Crippen LogP contribution in [0.2, 0.25) is 0 Å². The number of piperidine rings is 1. The van der Waals surface area contributed by atoms with Crippen LogP contribution in [0.5, 0.6) is 0 Å². The molecule has 6 nitrogen and oxygen atoms in total. The molecule has 0 atom stereocenters. The van der Waals surface area contributed by atoms with Gasteiger partial charge in [-0.2, -0.15) is 13.2 Å². The number of alkyl halides is 3. The molecule has 2 heterocycles. The van der Waals surface area contributed by atoms with E-state index in [-0.39, 0.29) is 12.1 Å². The van der Waals surface area contributed by atoms with Gasteiger partial charge in [0.05, 0.1) is 5.56 Å². The van der Waals surface area contributed by atoms with Gasteiger partial charge >= 0.3 is 12.2 Å². The van der Waals surface area contributed by atoms with Gasteiger partial charge in [0.2, 0.25) is 0 Å². The monoisotopic (exact) mass is 453 g/mol. The minimum absolute atomic E-state index is 0.0794. The summed E-state index contributed by atoms with van der Waals surface area (Å²) in [6.45, 7) is 6.69. The maximum atomic E-state index is 12.9. The zero-order valence-corrected chi connectivity index (χ0v) is 18.5. The average molecular weight is 454 g/mol. The average Bonchev–Trinajstić information content (AvgIpc) is 3.63. The highest BCUT2D eigenvalue weighted by Gasteiger charge is 2.32. The highest BCUT2D eigenvalue weighted by Crippen LogP contribution is 2.32. The van der Waals surface area contributed by atoms with Crippen LogP contribution >= 0.6 is 0 Å². The van der Waals surface area contributed by atoms with Crippen LogP contribution in [0.15, 0.2) is 24.3 Å². The molecule has 2 N–H and O–H groups in total. The van der Waals surface area contributed by atoms with E-state index in [0.717, 1.165) is 64.1 Å². The number of nitrogens with one attached hydrogen (secondary N) is 2. The number of halogens is 3. The number of carbonyl (C=O) groups is 1. The minimum atomic E-state index is -4.31. The third-order valence-electron chi connectivity index (χ3n) is 6.78. The number of rotatable bonds is 7. The van der Waals surface area contributed by atoms with Gasteiger partial charge in [0.15, 0.2) is 0 Å². The van der Waals surface area contributed by atoms with Crippen LogP contribution in [-0.2, 0) is 6.18 Å². The molecule has 2 saturated heterocycles. The third kappa shape index (κ3) is 6.51. The molecule has 0 spiro atoms. The third-order valence-corrected chi connectivity index (χ3v) is 6.78. The molecule has 178 valence electrons. The molecule has 0 radical (unpaired) electrons. The van der Waals surface area contributed by atoms with E-state index >= 15 is 0 Å². The van der Waals surface area contributed by atoms with E-state index in [9.17, 15) is 18.0 Å². The number of hydrogen-bond acceptors (Lipinski definition) is 4. The minimum Gasteiger partial charge on any atom is -0.369 e. The summed E-state index contributed by atoms with van der Waals surface area (Å²) < 4.78 is 38.8. The fraction of sp³-hybridized carbons (Fsp3) is 0.696. The van der Waals surface area contributed by atoms with E-state index in [1.54, 1.807) is 6.07 Å². The predicted molar refractivity (Wildman–Crippen MR) is 119 cm³/mol. The summed E-state index contributed by atoms with van der Waals surface area (Å²) in [6, 6.07) is 6.55. The first kappa shape index (κ1) is 23.2. The van der Waals surface area contributed by atoms with Crippen molar-refractivity contribution in [1.82, 2.24) is 20.4 Å². The van der Waals surface area contributed by atoms with E-state index in [1.165, 1.54) is 25.0 Å². The summed E-state index contributed by atoms with van der Waals surface area (Å²) in [7, 11) is 0. The van der Waals surface area contributed by atoms with Crippen molar-refractivity contribution in [2.75, 3.05) is 57.3 Å². The highest BCUT2D eigenvalue weighted by atomic mass is 19.4. The van der Waals surface area contributed by atoms with Gasteiger partial charge in [-0.3, -0.25) is 4.90 Å². The number of likely N-dealkylation sites (tertiary alicyclic amines) is 1. The number of nitrogens with zero attached hydrogens (tertiary/aromatic N) is 3. The second-order valence-corrected chi connectivity index (χ2v) is 9.17. The van der Waals surface area contributed by atoms with Crippen LogP contribution in [0.25, 0.3) is 0 Å². The van der Waals surface area contributed by atoms with Crippen molar-refractivity contribution in [2.45, 2.75) is 50.4 Å². The normalized spacial score (nSPS) is 21.5. The topological polar surface area (TPSA) is 50.9 Å². The van der Waals surface area contributed by atoms with Crippen LogP contribution in [0.3, 0.4) is 0 Å². The Kier molecular flexibility index (Phi) is 7.45. The number of piperazine rings is 1. The molecule has 9 heteroatoms. The fourth-order valence-corrected chi connectivity index (χ4v) is 4.70. The van der Waals surface area contributed by atoms with E-state index < -0.39 is 11.7 Å². The molecule has 1 saturated carbocycles. The van der Waals surface area contributed by atoms with Crippen molar-refractivity contribution in [3.8, 4) is 0 Å². The van der Waals surface area contributed by atoms with Crippen LogP contribution in [0, 0.1) is 0 Å². The number of carbonyl (C=O) groups excluding carboxylic acids is 1. The van der Waals surface area contributed by atoms with Crippen molar-refractivity contribution in [2.24, 2.45) is 0 Å². The Balaban J connectivity index is 1.09. The molecule has 0 bridgehead atoms. The molecule has 0 unspecified atom stereocenters. The summed E-state index contributed by atoms with van der Waals surface area (Å²) in [6.07, 6.45) is 1.26. The first-order valence-corrected chi connectivity index (χ1v) is 11.8. The van der Waals surface area contributed by atoms with Gasteiger partial charge in [-0.15, -0.1) is 0 Å². The summed E-state index contributed by atoms with van der Waals surface area (Å²) in [5, 5.41) is 6.06. The van der Waals surface area contributed by atoms with Crippen LogP contribution < -0.4 is 15.5 Å². The van der Waals surface area contributed by atoms with Crippen molar-refractivity contribution >= 4 is 11.7 Å². The maximum absolute atomic E-state index is 12.9. The largest absolute Gasteiger partial charge is 0.416 e. The number of anilines is 1. The lowest BCUT2D eigenvalue weighted by molar-refractivity contribution is -0.137. The summed E-state index contributed by atoms with van der Waals surface area (Å²) >= 11 is 0. The number of benzene rings is 1. The fourth-order valence-electron chi connectivity index (χ4n) is 4.70. The zero-order chi connectivity index (χ0) is 22.6. The Morgan fingerprint density at radius 2 is 1.72 bits per heavy atom. The van der Waals surface area contributed by atoms with Gasteiger partial charge in [-0.25, -0.2) is 4.79 Å². The molecule has 3 aliphatic rings. The smallest absolute Gasteiger partial charge is 0.369 e. The number of urea groups is 1. The summed E-state index contributed by atoms with van der Waals surface area (Å²) in [5.74, 6) is 0. The Hall–Kier alpha value is -2.00. The molecule has 1 aromatic carbocycles. The van der Waals surface area contributed by atoms with Crippen molar-refractivity contribution < 1.29 is 18.0 Å². The second kappa shape index (κ2) is 10.3. The second-order valence-electron chi connectivity index (χ2n) is 9.17. The van der Waals surface area contributed by atoms with E-state index in [0.29, 0.717) is 25.3 Å². The van der Waals surface area contributed by atoms with Gasteiger partial charge in [0, 0.05) is 63.6 Å². The predicted octanol–water partition coefficient (Wildman–Crippen LogP) is 3.14. The summed E-state index contributed by atoms with van der Waals surface area (Å²) in [4.78, 5) is 19.0. The molecule has 1 aromatic rings. The Morgan fingerprint density at radius 1 is 1.00 bits per heavy atom. The van der Waals surface area contributed by atoms with Crippen LogP contribution in [0.4, 0.5) is 23.7 Å². The standard InChI is InChI=1S/C23H34F3N5O/c24-23(25,26)18-3-1-4-21(17-18)31-15-13-29(14-16-31)10-2-9-27-22(32)28-19-7-11-30(12-8-19)20-5-6-20/h1,3-4,17,19-20H,2,5-16H2,(H2,27,28,32). The molecule has 3 fully saturated rings. The lowest BCUT2D eigenvalue weighted by Crippen LogP contribution is -2.49. The summed E-state index contributed by atoms with van der Waals surface area (Å²) in [5.41, 5.74) is 0.0241. The zero-order valence-electron chi connectivity index (χ0n) is 18.5. The molecular weight excluding hydrogens is 419 g/mol. The molecule has 4 rings (SSSR count). The van der Waals surface area contributed by atoms with E-state index in [2.05, 4.69) is 20.4 Å². The molecule has 0 aromatic heterocycles. The quantitative estimate of drug-likeness (QED) is 0.623. The van der Waals surface area contributed by atoms with Gasteiger partial charge in [-0.05, 0) is 56.8 Å². The van der Waals surface area contributed by atoms with Gasteiger partial charge in [-0.1, -0.05) is 6.07 Å². The van der Waals surface area contributed by atoms with Crippen LogP contribution in [-0.4, -0.2) is 80.3 Å². The Morgan fingerprint density at radius 3 is 2.38 bits per heavy atom. The van der Waals surface area contributed by atoms with E-state index in [1.807, 2.05) is 4.90 Å². The molecular formula is C23H34F3N5O. The van der Waals surface area contributed by atoms with E-state index in [4.69, 9.17) is 0 Å². The SMILES string of the molecule is O=C(NCCCN1CCN(c2cccc(C(F)(F)F)c2)CC1)NC1CCN(C2CC2)CC1. The molecule has 2 aliphatic heterocycles. The number of hydrogen-bond donors (Lipinski definition) is 2. The molecule has 32 heavy (non-hydrogen) atoms. The van der Waals surface area contributed by atoms with Gasteiger partial charge in [0.25, 0.3) is 0 Å². The Labute approximate surface area is 188 Å². The lowest BCUT2D eigenvalue weighted by Gasteiger charge is -2.36. The Bertz CT molecular complexity index is 754. The molecule has 2 amide bonds. The van der Waals surface area contributed by atoms with Gasteiger partial charge in [0.1, 0.15) is 0 Å². The molecule has 1 aliphatic carbocycles. The van der Waals surface area contributed by atoms with Crippen molar-refractivity contribution in [3.05, 3.63) is 29.8 Å². The first-order chi connectivity index (χ1) is 15.4. The van der Waals surface area contributed by atoms with Crippen LogP contribution in [0.1, 0.15) is 37.7 Å². The highest BCUT2D eigenvalue weighted by molar-refractivity contribution is 5.74. The van der Waals surface area contributed by atoms with Gasteiger partial charge < -0.3 is 20.4 Å². The maximum Gasteiger partial charge on any atom is 0.416 e.